The molecule has 61 heavy (non-hydrogen) atoms. The second-order valence-electron chi connectivity index (χ2n) is 16.1. The van der Waals surface area contributed by atoms with E-state index < -0.39 is 0 Å². The van der Waals surface area contributed by atoms with Crippen molar-refractivity contribution in [3.05, 3.63) is 158 Å². The van der Waals surface area contributed by atoms with Gasteiger partial charge in [-0.2, -0.15) is 0 Å². The zero-order chi connectivity index (χ0) is 41.4. The molecule has 0 unspecified atom stereocenters. The highest BCUT2D eigenvalue weighted by atomic mass is 32.1. The maximum Gasteiger partial charge on any atom is 0.165 e. The van der Waals surface area contributed by atoms with Crippen LogP contribution in [0.3, 0.4) is 0 Å². The van der Waals surface area contributed by atoms with Crippen LogP contribution in [0, 0.1) is 0 Å². The molecule has 0 aliphatic carbocycles. The van der Waals surface area contributed by atoms with Crippen LogP contribution in [-0.2, 0) is 0 Å². The van der Waals surface area contributed by atoms with E-state index in [-0.39, 0.29) is 0 Å². The van der Waals surface area contributed by atoms with Gasteiger partial charge in [-0.05, 0) is 75.8 Å². The van der Waals surface area contributed by atoms with Crippen molar-refractivity contribution in [2.45, 2.75) is 0 Å². The van der Waals surface area contributed by atoms with E-state index in [2.05, 4.69) is 161 Å². The Morgan fingerprint density at radius 3 is 1.64 bits per heavy atom. The highest BCUT2D eigenvalue weighted by Gasteiger charge is 2.19. The molecule has 0 amide bonds. The Kier molecular flexibility index (Phi) is 8.94. The van der Waals surface area contributed by atoms with E-state index >= 15 is 0 Å². The van der Waals surface area contributed by atoms with E-state index in [1.807, 2.05) is 36.4 Å². The quantitative estimate of drug-likeness (QED) is 0.211. The summed E-state index contributed by atoms with van der Waals surface area (Å²) in [4.78, 5) is 15.3. The molecule has 0 saturated heterocycles. The van der Waals surface area contributed by atoms with Gasteiger partial charge in [-0.15, -0.1) is 27.7 Å². The lowest BCUT2D eigenvalue weighted by Crippen LogP contribution is -2.55. The van der Waals surface area contributed by atoms with Gasteiger partial charge in [0, 0.05) is 47.6 Å². The lowest BCUT2D eigenvalue weighted by atomic mass is 9.59. The Bertz CT molecular complexity index is 3500. The first-order chi connectivity index (χ1) is 29.8. The van der Waals surface area contributed by atoms with Gasteiger partial charge in [0.15, 0.2) is 17.5 Å². The summed E-state index contributed by atoms with van der Waals surface area (Å²) in [5.74, 6) is 1.92. The topological polar surface area (TPSA) is 51.8 Å². The Morgan fingerprint density at radius 2 is 0.918 bits per heavy atom. The highest BCUT2D eigenvalue weighted by Crippen LogP contribution is 2.40. The summed E-state index contributed by atoms with van der Waals surface area (Å²) in [5.41, 5.74) is 18.7. The standard InChI is InChI=1S/C51H36B5N3OS/c52-43-42(44(53)46(55)47(56)45(43)54)30-19-17-28(18-20-30)27-13-15-29(16-14-27)32-21-23-34-38-25-33(22-24-39(38)60-40(34)26-32)50-57-49(31-7-2-1-3-8-31)58-51(59-50)37-11-6-10-36-35-9-4-5-12-41(35)61-48(36)37/h1-26H,52-56H2. The van der Waals surface area contributed by atoms with Crippen LogP contribution in [-0.4, -0.2) is 54.2 Å². The molecular weight excluding hydrogens is 757 g/mol. The Morgan fingerprint density at radius 1 is 0.361 bits per heavy atom. The van der Waals surface area contributed by atoms with Crippen LogP contribution >= 0.6 is 11.3 Å². The van der Waals surface area contributed by atoms with Gasteiger partial charge >= 0.3 is 0 Å². The van der Waals surface area contributed by atoms with E-state index in [1.54, 1.807) is 11.3 Å². The van der Waals surface area contributed by atoms with Crippen molar-refractivity contribution in [3.8, 4) is 67.5 Å². The van der Waals surface area contributed by atoms with E-state index in [9.17, 15) is 0 Å². The van der Waals surface area contributed by atoms with Gasteiger partial charge in [-0.25, -0.2) is 15.0 Å². The fourth-order valence-electron chi connectivity index (χ4n) is 8.98. The van der Waals surface area contributed by atoms with Crippen LogP contribution in [0.5, 0.6) is 0 Å². The predicted molar refractivity (Wildman–Crippen MR) is 273 cm³/mol. The molecule has 0 atom stereocenters. The monoisotopic (exact) mass is 793 g/mol. The summed E-state index contributed by atoms with van der Waals surface area (Å²) in [6.45, 7) is 0. The maximum atomic E-state index is 6.50. The van der Waals surface area contributed by atoms with Gasteiger partial charge < -0.3 is 4.42 Å². The Labute approximate surface area is 362 Å². The van der Waals surface area contributed by atoms with Crippen LogP contribution < -0.4 is 27.3 Å². The molecule has 0 aliphatic heterocycles. The fourth-order valence-corrected chi connectivity index (χ4v) is 10.2. The van der Waals surface area contributed by atoms with Gasteiger partial charge in [-0.1, -0.05) is 126 Å². The molecule has 0 aliphatic rings. The summed E-state index contributed by atoms with van der Waals surface area (Å²) in [6.07, 6.45) is 0. The number of hydrogen-bond acceptors (Lipinski definition) is 5. The molecule has 4 nitrogen and oxygen atoms in total. The number of rotatable bonds is 6. The van der Waals surface area contributed by atoms with Crippen molar-refractivity contribution in [1.29, 1.82) is 0 Å². The Hall–Kier alpha value is -6.89. The van der Waals surface area contributed by atoms with Crippen molar-refractivity contribution in [2.24, 2.45) is 0 Å². The van der Waals surface area contributed by atoms with Crippen molar-refractivity contribution in [3.63, 3.8) is 0 Å². The molecule has 0 radical (unpaired) electrons. The third-order valence-electron chi connectivity index (χ3n) is 12.8. The SMILES string of the molecule is Bc1c(B)c(B)c(-c2ccc(-c3ccc(-c4ccc5c(c4)oc4ccc(-c6nc(-c7ccccc7)nc(-c7cccc8c7sc7ccccc78)n6)cc45)cc3)cc2)c(B)c1B. The number of aromatic nitrogens is 3. The van der Waals surface area contributed by atoms with Gasteiger partial charge in [0.2, 0.25) is 0 Å². The minimum atomic E-state index is 0.620. The average Bonchev–Trinajstić information content (AvgIpc) is 3.88. The van der Waals surface area contributed by atoms with E-state index in [4.69, 9.17) is 19.4 Å². The number of thiophene rings is 1. The van der Waals surface area contributed by atoms with Crippen LogP contribution in [0.25, 0.3) is 110 Å². The molecule has 0 saturated carbocycles. The first kappa shape index (κ1) is 37.1. The Balaban J connectivity index is 0.925. The lowest BCUT2D eigenvalue weighted by Gasteiger charge is -2.20. The van der Waals surface area contributed by atoms with Crippen molar-refractivity contribution in [1.82, 2.24) is 15.0 Å². The molecular formula is C51H36B5N3OS. The summed E-state index contributed by atoms with van der Waals surface area (Å²) < 4.78 is 8.91. The summed E-state index contributed by atoms with van der Waals surface area (Å²) in [6, 6.07) is 55.7. The zero-order valence-corrected chi connectivity index (χ0v) is 35.5. The minimum absolute atomic E-state index is 0.620. The first-order valence-electron chi connectivity index (χ1n) is 20.8. The molecule has 11 aromatic rings. The second kappa shape index (κ2) is 14.7. The molecule has 0 bridgehead atoms. The largest absolute Gasteiger partial charge is 0.456 e. The smallest absolute Gasteiger partial charge is 0.165 e. The third kappa shape index (κ3) is 6.33. The van der Waals surface area contributed by atoms with Gasteiger partial charge in [0.05, 0.1) is 0 Å². The summed E-state index contributed by atoms with van der Waals surface area (Å²) in [7, 11) is 11.2. The van der Waals surface area contributed by atoms with Crippen LogP contribution in [0.15, 0.2) is 162 Å². The number of hydrogen-bond donors (Lipinski definition) is 0. The summed E-state index contributed by atoms with van der Waals surface area (Å²) in [5, 5.41) is 4.53. The fraction of sp³-hybridized carbons (Fsp3) is 0. The van der Waals surface area contributed by atoms with E-state index in [1.165, 1.54) is 69.7 Å². The zero-order valence-electron chi connectivity index (χ0n) is 34.7. The van der Waals surface area contributed by atoms with Gasteiger partial charge in [0.1, 0.15) is 50.4 Å². The average molecular weight is 793 g/mol. The van der Waals surface area contributed by atoms with Crippen molar-refractivity contribution in [2.75, 3.05) is 0 Å². The van der Waals surface area contributed by atoms with E-state index in [0.717, 1.165) is 49.8 Å². The molecule has 0 N–H and O–H groups in total. The van der Waals surface area contributed by atoms with Gasteiger partial charge in [-0.3, -0.25) is 0 Å². The molecule has 11 rings (SSSR count). The molecule has 0 spiro atoms. The van der Waals surface area contributed by atoms with Crippen LogP contribution in [0.1, 0.15) is 0 Å². The predicted octanol–water partition coefficient (Wildman–Crippen LogP) is 5.43. The lowest BCUT2D eigenvalue weighted by molar-refractivity contribution is 0.669. The van der Waals surface area contributed by atoms with Crippen LogP contribution in [0.2, 0.25) is 0 Å². The third-order valence-corrected chi connectivity index (χ3v) is 14.0. The number of furan rings is 1. The van der Waals surface area contributed by atoms with Gasteiger partial charge in [0.25, 0.3) is 0 Å². The van der Waals surface area contributed by atoms with E-state index in [0.29, 0.717) is 17.5 Å². The molecule has 3 heterocycles. The molecule has 0 fully saturated rings. The molecule has 10 heteroatoms. The second-order valence-corrected chi connectivity index (χ2v) is 17.2. The first-order valence-corrected chi connectivity index (χ1v) is 21.6. The highest BCUT2D eigenvalue weighted by molar-refractivity contribution is 7.26. The molecule has 282 valence electrons. The van der Waals surface area contributed by atoms with Crippen molar-refractivity contribution >= 4 is 120 Å². The van der Waals surface area contributed by atoms with Crippen molar-refractivity contribution < 1.29 is 4.42 Å². The minimum Gasteiger partial charge on any atom is -0.456 e. The normalized spacial score (nSPS) is 11.6. The maximum absolute atomic E-state index is 6.50. The summed E-state index contributed by atoms with van der Waals surface area (Å²) >= 11 is 1.78. The molecule has 8 aromatic carbocycles. The number of fused-ring (bicyclic) bond motifs is 6. The number of benzene rings is 8. The van der Waals surface area contributed by atoms with Crippen LogP contribution in [0.4, 0.5) is 0 Å². The number of nitrogens with zero attached hydrogens (tertiary/aromatic N) is 3. The molecule has 3 aromatic heterocycles.